The summed E-state index contributed by atoms with van der Waals surface area (Å²) in [6.45, 7) is 7.94. The number of hydrogen-bond acceptors (Lipinski definition) is 11. The number of aliphatic imine (C=N–C) groups is 2. The fourth-order valence-corrected chi connectivity index (χ4v) is 9.72. The van der Waals surface area contributed by atoms with Gasteiger partial charge in [-0.25, -0.2) is 14.8 Å². The van der Waals surface area contributed by atoms with E-state index in [4.69, 9.17) is 23.8 Å². The van der Waals surface area contributed by atoms with Gasteiger partial charge in [0.2, 0.25) is 17.7 Å². The van der Waals surface area contributed by atoms with Gasteiger partial charge in [0.1, 0.15) is 0 Å². The first kappa shape index (κ1) is 53.7. The topological polar surface area (TPSA) is 274 Å². The average Bonchev–Trinajstić information content (AvgIpc) is 4.11. The van der Waals surface area contributed by atoms with Crippen molar-refractivity contribution in [1.82, 2.24) is 30.6 Å². The first-order valence-corrected chi connectivity index (χ1v) is 26.0. The molecule has 0 fully saturated rings. The van der Waals surface area contributed by atoms with Crippen LogP contribution in [0.15, 0.2) is 168 Å². The third-order valence-corrected chi connectivity index (χ3v) is 13.8. The third kappa shape index (κ3) is 13.9. The number of benzene rings is 6. The summed E-state index contributed by atoms with van der Waals surface area (Å²) in [7, 11) is 0. The summed E-state index contributed by atoms with van der Waals surface area (Å²) in [5.74, 6) is -2.15. The number of aryl methyl sites for hydroxylation is 2. The number of imidazole rings is 2. The maximum Gasteiger partial charge on any atom is 0.248 e. The number of Topliss-reactive ketones (excluding diaryl/α,β-unsaturated/α-hetero) is 2. The largest absolute Gasteiger partial charge is 0.369 e. The van der Waals surface area contributed by atoms with Crippen molar-refractivity contribution < 1.29 is 24.0 Å². The van der Waals surface area contributed by atoms with E-state index in [9.17, 15) is 24.0 Å². The minimum absolute atomic E-state index is 0.0101. The van der Waals surface area contributed by atoms with Gasteiger partial charge in [0.15, 0.2) is 29.2 Å². The number of ketones is 2. The molecule has 4 heterocycles. The van der Waals surface area contributed by atoms with Crippen molar-refractivity contribution in [2.75, 3.05) is 11.5 Å². The zero-order valence-electron chi connectivity index (χ0n) is 43.2. The third-order valence-electron chi connectivity index (χ3n) is 13.8. The van der Waals surface area contributed by atoms with Gasteiger partial charge in [0, 0.05) is 43.9 Å². The summed E-state index contributed by atoms with van der Waals surface area (Å²) in [4.78, 5) is 92.1. The molecule has 2 aliphatic heterocycles. The molecule has 0 spiro atoms. The predicted octanol–water partition coefficient (Wildman–Crippen LogP) is 9.36. The number of H-pyrrole nitrogens is 2. The molecule has 2 unspecified atom stereocenters. The molecule has 2 aliphatic rings. The molecular formula is C62H58N12O5. The van der Waals surface area contributed by atoms with Crippen LogP contribution >= 0.6 is 0 Å². The molecule has 10 N–H and O–H groups in total. The molecule has 3 amide bonds. The minimum Gasteiger partial charge on any atom is -0.369 e. The number of hydrogen-bond donors (Lipinski definition) is 7. The Kier molecular flexibility index (Phi) is 17.1. The second kappa shape index (κ2) is 25.2. The van der Waals surface area contributed by atoms with E-state index in [-0.39, 0.29) is 42.8 Å². The highest BCUT2D eigenvalue weighted by molar-refractivity contribution is 6.44. The molecule has 0 radical (unpaired) electrons. The van der Waals surface area contributed by atoms with Gasteiger partial charge >= 0.3 is 0 Å². The van der Waals surface area contributed by atoms with Gasteiger partial charge in [-0.2, -0.15) is 0 Å². The first-order chi connectivity index (χ1) is 38.4. The SMILES string of the molecule is NC(=O)c1cccc(C2=CN=C(CCCc3ccccc3)C(=O)C2CC(=O)NCc2ccc3nc(N)[nH]c3c2)c1.[C-]#[N+]c1cccc(C2=CN=C(CCCc3ccccc3)C(=O)C2CC(=O)NCc2ccc3nc(N)[nH]c3c2)c1. The van der Waals surface area contributed by atoms with Crippen molar-refractivity contribution >= 4 is 91.5 Å². The zero-order valence-corrected chi connectivity index (χ0v) is 43.2. The van der Waals surface area contributed by atoms with E-state index in [1.165, 1.54) is 11.1 Å². The molecule has 17 heteroatoms. The van der Waals surface area contributed by atoms with E-state index < -0.39 is 17.7 Å². The quantitative estimate of drug-likeness (QED) is 0.0380. The van der Waals surface area contributed by atoms with Crippen molar-refractivity contribution in [2.45, 2.75) is 64.5 Å². The summed E-state index contributed by atoms with van der Waals surface area (Å²) in [5, 5.41) is 5.86. The number of nitrogens with zero attached hydrogens (tertiary/aromatic N) is 5. The number of fused-ring (bicyclic) bond motifs is 2. The van der Waals surface area contributed by atoms with Crippen LogP contribution in [0.1, 0.15) is 82.3 Å². The van der Waals surface area contributed by atoms with Crippen molar-refractivity contribution in [1.29, 1.82) is 0 Å². The van der Waals surface area contributed by atoms with Crippen LogP contribution in [-0.4, -0.2) is 60.6 Å². The van der Waals surface area contributed by atoms with Crippen molar-refractivity contribution in [3.8, 4) is 0 Å². The molecule has 2 aromatic heterocycles. The molecule has 79 heavy (non-hydrogen) atoms. The van der Waals surface area contributed by atoms with Crippen LogP contribution < -0.4 is 27.8 Å². The number of carbonyl (C=O) groups excluding carboxylic acids is 5. The number of aromatic amines is 2. The average molecular weight is 1050 g/mol. The number of nitrogen functional groups attached to an aromatic ring is 2. The highest BCUT2D eigenvalue weighted by Crippen LogP contribution is 2.34. The summed E-state index contributed by atoms with van der Waals surface area (Å²) < 4.78 is 0. The fourth-order valence-electron chi connectivity index (χ4n) is 9.72. The maximum absolute atomic E-state index is 13.7. The van der Waals surface area contributed by atoms with Crippen LogP contribution in [0, 0.1) is 18.4 Å². The number of anilines is 2. The zero-order chi connectivity index (χ0) is 55.3. The molecule has 2 atom stereocenters. The highest BCUT2D eigenvalue weighted by atomic mass is 16.2. The lowest BCUT2D eigenvalue weighted by molar-refractivity contribution is -0.125. The van der Waals surface area contributed by atoms with Crippen LogP contribution in [-0.2, 0) is 45.1 Å². The van der Waals surface area contributed by atoms with E-state index >= 15 is 0 Å². The van der Waals surface area contributed by atoms with Crippen LogP contribution in [0.5, 0.6) is 0 Å². The Morgan fingerprint density at radius 2 is 1.01 bits per heavy atom. The molecule has 6 aromatic carbocycles. The Hall–Kier alpha value is -10.1. The molecule has 0 aliphatic carbocycles. The van der Waals surface area contributed by atoms with Gasteiger partial charge in [0.05, 0.1) is 51.9 Å². The van der Waals surface area contributed by atoms with E-state index in [0.29, 0.717) is 70.7 Å². The minimum atomic E-state index is -0.734. The van der Waals surface area contributed by atoms with Crippen LogP contribution in [0.3, 0.4) is 0 Å². The van der Waals surface area contributed by atoms with Gasteiger partial charge in [-0.3, -0.25) is 34.0 Å². The molecule has 0 saturated heterocycles. The smallest absolute Gasteiger partial charge is 0.248 e. The lowest BCUT2D eigenvalue weighted by atomic mass is 9.82. The van der Waals surface area contributed by atoms with Gasteiger partial charge in [-0.1, -0.05) is 103 Å². The molecule has 17 nitrogen and oxygen atoms in total. The van der Waals surface area contributed by atoms with Gasteiger partial charge in [-0.15, -0.1) is 0 Å². The Bertz CT molecular complexity index is 3760. The number of primary amides is 1. The normalized spacial score (nSPS) is 15.0. The molecule has 0 saturated carbocycles. The Balaban J connectivity index is 0.000000192. The van der Waals surface area contributed by atoms with E-state index in [0.717, 1.165) is 64.4 Å². The van der Waals surface area contributed by atoms with Crippen molar-refractivity contribution in [3.63, 3.8) is 0 Å². The number of nitrogens with two attached hydrogens (primary N) is 3. The lowest BCUT2D eigenvalue weighted by Gasteiger charge is -2.23. The lowest BCUT2D eigenvalue weighted by Crippen LogP contribution is -2.33. The van der Waals surface area contributed by atoms with Crippen LogP contribution in [0.4, 0.5) is 17.6 Å². The van der Waals surface area contributed by atoms with E-state index in [1.54, 1.807) is 54.9 Å². The highest BCUT2D eigenvalue weighted by Gasteiger charge is 2.34. The van der Waals surface area contributed by atoms with E-state index in [2.05, 4.69) is 69.7 Å². The Morgan fingerprint density at radius 3 is 1.48 bits per heavy atom. The van der Waals surface area contributed by atoms with Crippen LogP contribution in [0.2, 0.25) is 0 Å². The standard InChI is InChI=1S/C31H30N6O3.C31H28N6O2/c32-30(40)22-10-5-9-21(15-22)24-18-34-26(11-4-8-19-6-2-1-3-7-19)29(39)23(24)16-28(38)35-17-20-12-13-25-27(14-20)37-31(33)36-25;1-33-23-11-6-10-22(16-23)25-19-34-27(12-5-9-20-7-3-2-4-8-20)30(39)24(25)17-29(38)35-18-21-13-14-26-28(15-21)37-31(32)36-26/h1-3,5-7,9-10,12-15,18,23H,4,8,11,16-17H2,(H2,32,40)(H,35,38)(H3,33,36,37);2-4,6-8,10-11,13-16,19,24H,5,9,12,17-18H2,(H,35,38)(H3,32,36,37). The maximum atomic E-state index is 13.7. The Morgan fingerprint density at radius 1 is 0.544 bits per heavy atom. The van der Waals surface area contributed by atoms with Crippen LogP contribution in [0.25, 0.3) is 38.1 Å². The first-order valence-electron chi connectivity index (χ1n) is 26.0. The van der Waals surface area contributed by atoms with Gasteiger partial charge in [-0.05, 0) is 126 Å². The number of allylic oxidation sites excluding steroid dienone is 2. The van der Waals surface area contributed by atoms with Gasteiger partial charge < -0.3 is 37.8 Å². The summed E-state index contributed by atoms with van der Waals surface area (Å²) in [6.07, 6.45) is 7.52. The number of carbonyl (C=O) groups is 5. The Labute approximate surface area is 456 Å². The number of nitrogens with one attached hydrogen (secondary N) is 4. The summed E-state index contributed by atoms with van der Waals surface area (Å²) >= 11 is 0. The fraction of sp³-hybridized carbons (Fsp3) is 0.194. The molecular weight excluding hydrogens is 993 g/mol. The van der Waals surface area contributed by atoms with E-state index in [1.807, 2.05) is 78.9 Å². The molecule has 8 aromatic rings. The molecule has 396 valence electrons. The van der Waals surface area contributed by atoms with Gasteiger partial charge in [0.25, 0.3) is 0 Å². The molecule has 0 bridgehead atoms. The van der Waals surface area contributed by atoms with Crippen molar-refractivity contribution in [2.24, 2.45) is 27.6 Å². The number of amides is 3. The number of aromatic nitrogens is 4. The molecule has 10 rings (SSSR count). The second-order valence-corrected chi connectivity index (χ2v) is 19.3. The monoisotopic (exact) mass is 1050 g/mol. The number of rotatable bonds is 19. The predicted molar refractivity (Wildman–Crippen MR) is 308 cm³/mol. The summed E-state index contributed by atoms with van der Waals surface area (Å²) in [6, 6.07) is 45.2. The second-order valence-electron chi connectivity index (χ2n) is 19.3. The summed E-state index contributed by atoms with van der Waals surface area (Å²) in [5.41, 5.74) is 28.5. The van der Waals surface area contributed by atoms with Crippen molar-refractivity contribution in [3.05, 3.63) is 208 Å².